The summed E-state index contributed by atoms with van der Waals surface area (Å²) >= 11 is 0. The van der Waals surface area contributed by atoms with Crippen molar-refractivity contribution in [3.05, 3.63) is 16.3 Å². The zero-order valence-electron chi connectivity index (χ0n) is 14.5. The first-order valence-corrected chi connectivity index (χ1v) is 9.17. The van der Waals surface area contributed by atoms with Gasteiger partial charge < -0.3 is 10.1 Å². The maximum absolute atomic E-state index is 12.3. The van der Waals surface area contributed by atoms with E-state index in [1.54, 1.807) is 11.6 Å². The number of amides is 1. The number of hydrogen-bond donors (Lipinski definition) is 1. The number of nitrogens with one attached hydrogen (secondary N) is 1. The lowest BCUT2D eigenvalue weighted by atomic mass is 9.98. The second-order valence-electron chi connectivity index (χ2n) is 6.94. The lowest BCUT2D eigenvalue weighted by Crippen LogP contribution is -2.39. The molecular weight excluding hydrogens is 308 g/mol. The van der Waals surface area contributed by atoms with Gasteiger partial charge in [0.05, 0.1) is 12.0 Å². The first-order chi connectivity index (χ1) is 11.6. The van der Waals surface area contributed by atoms with Crippen LogP contribution in [0.5, 0.6) is 0 Å². The molecule has 0 bridgehead atoms. The minimum atomic E-state index is -0.140. The molecule has 2 aliphatic rings. The van der Waals surface area contributed by atoms with Gasteiger partial charge in [0.2, 0.25) is 5.91 Å². The quantitative estimate of drug-likeness (QED) is 0.786. The Morgan fingerprint density at radius 2 is 2.08 bits per heavy atom. The van der Waals surface area contributed by atoms with Crippen LogP contribution in [0.4, 0.5) is 0 Å². The summed E-state index contributed by atoms with van der Waals surface area (Å²) in [6.45, 7) is 1.78. The van der Waals surface area contributed by atoms with E-state index in [9.17, 15) is 9.59 Å². The molecular formula is C17H28N4O3. The van der Waals surface area contributed by atoms with Crippen molar-refractivity contribution in [2.75, 3.05) is 13.2 Å². The van der Waals surface area contributed by atoms with Crippen LogP contribution in [0.3, 0.4) is 0 Å². The molecule has 1 aromatic rings. The van der Waals surface area contributed by atoms with Crippen LogP contribution >= 0.6 is 0 Å². The summed E-state index contributed by atoms with van der Waals surface area (Å²) in [6, 6.07) is 0. The second kappa shape index (κ2) is 7.96. The van der Waals surface area contributed by atoms with Crippen molar-refractivity contribution in [3.8, 4) is 0 Å². The maximum atomic E-state index is 12.3. The van der Waals surface area contributed by atoms with E-state index in [0.29, 0.717) is 32.2 Å². The molecule has 3 rings (SSSR count). The molecule has 0 aromatic carbocycles. The van der Waals surface area contributed by atoms with Crippen LogP contribution in [-0.2, 0) is 29.5 Å². The molecule has 0 unspecified atom stereocenters. The van der Waals surface area contributed by atoms with Crippen LogP contribution < -0.4 is 11.0 Å². The normalized spacial score (nSPS) is 21.5. The fraction of sp³-hybridized carbons (Fsp3) is 0.824. The average molecular weight is 336 g/mol. The van der Waals surface area contributed by atoms with E-state index in [1.165, 1.54) is 36.8 Å². The molecule has 1 aliphatic carbocycles. The molecule has 1 N–H and O–H groups in total. The Bertz CT molecular complexity index is 616. The summed E-state index contributed by atoms with van der Waals surface area (Å²) in [5.41, 5.74) is -0.136. The summed E-state index contributed by atoms with van der Waals surface area (Å²) in [6.07, 6.45) is 8.93. The molecule has 134 valence electrons. The van der Waals surface area contributed by atoms with Gasteiger partial charge in [0, 0.05) is 33.2 Å². The van der Waals surface area contributed by atoms with Gasteiger partial charge in [0.25, 0.3) is 0 Å². The van der Waals surface area contributed by atoms with Crippen LogP contribution in [0.1, 0.15) is 50.8 Å². The lowest BCUT2D eigenvalue weighted by Gasteiger charge is -2.23. The van der Waals surface area contributed by atoms with E-state index >= 15 is 0 Å². The van der Waals surface area contributed by atoms with Crippen molar-refractivity contribution in [1.29, 1.82) is 0 Å². The van der Waals surface area contributed by atoms with E-state index in [4.69, 9.17) is 4.74 Å². The van der Waals surface area contributed by atoms with Crippen LogP contribution in [0.15, 0.2) is 4.79 Å². The van der Waals surface area contributed by atoms with E-state index < -0.39 is 0 Å². The van der Waals surface area contributed by atoms with Gasteiger partial charge in [-0.3, -0.25) is 9.36 Å². The Kier molecular flexibility index (Phi) is 5.71. The van der Waals surface area contributed by atoms with Gasteiger partial charge in [-0.15, -0.1) is 0 Å². The molecule has 24 heavy (non-hydrogen) atoms. The first kappa shape index (κ1) is 17.2. The number of nitrogens with zero attached hydrogens (tertiary/aromatic N) is 3. The smallest absolute Gasteiger partial charge is 0.345 e. The van der Waals surface area contributed by atoms with Gasteiger partial charge >= 0.3 is 5.69 Å². The number of ether oxygens (including phenoxy) is 1. The van der Waals surface area contributed by atoms with Gasteiger partial charge in [-0.05, 0) is 25.7 Å². The van der Waals surface area contributed by atoms with Crippen molar-refractivity contribution in [1.82, 2.24) is 19.7 Å². The van der Waals surface area contributed by atoms with Crippen molar-refractivity contribution >= 4 is 5.91 Å². The summed E-state index contributed by atoms with van der Waals surface area (Å²) in [5, 5.41) is 7.18. The fourth-order valence-corrected chi connectivity index (χ4v) is 3.66. The molecule has 1 amide bonds. The van der Waals surface area contributed by atoms with Crippen LogP contribution in [0.25, 0.3) is 0 Å². The molecule has 0 spiro atoms. The summed E-state index contributed by atoms with van der Waals surface area (Å²) in [5.74, 6) is 0.681. The number of hydrogen-bond acceptors (Lipinski definition) is 4. The first-order valence-electron chi connectivity index (χ1n) is 9.17. The Morgan fingerprint density at radius 1 is 1.29 bits per heavy atom. The molecule has 1 fully saturated rings. The number of aryl methyl sites for hydroxylation is 2. The Balaban J connectivity index is 1.36. The summed E-state index contributed by atoms with van der Waals surface area (Å²) in [7, 11) is 1.65. The molecule has 1 aromatic heterocycles. The fourth-order valence-electron chi connectivity index (χ4n) is 3.66. The van der Waals surface area contributed by atoms with Gasteiger partial charge in [-0.1, -0.05) is 19.3 Å². The van der Waals surface area contributed by atoms with Gasteiger partial charge in [0.1, 0.15) is 5.82 Å². The number of rotatable bonds is 6. The third-order valence-electron chi connectivity index (χ3n) is 5.10. The molecule has 1 saturated carbocycles. The van der Waals surface area contributed by atoms with E-state index in [2.05, 4.69) is 10.4 Å². The Hall–Kier alpha value is -1.63. The zero-order chi connectivity index (χ0) is 16.9. The standard InChI is InChI=1S/C17H28N4O3/c1-20-17(23)21-12-13(8-9-15(21)19-20)16(22)18-10-5-11-24-14-6-3-2-4-7-14/h13-14H,2-12H2,1H3,(H,18,22)/t13-/m0/s1. The molecule has 2 heterocycles. The number of carbonyl (C=O) groups is 1. The number of fused-ring (bicyclic) bond motifs is 1. The molecule has 1 atom stereocenters. The number of carbonyl (C=O) groups excluding carboxylic acids is 1. The van der Waals surface area contributed by atoms with Crippen molar-refractivity contribution in [2.24, 2.45) is 13.0 Å². The molecule has 1 aliphatic heterocycles. The largest absolute Gasteiger partial charge is 0.378 e. The van der Waals surface area contributed by atoms with Crippen molar-refractivity contribution in [2.45, 2.75) is 64.0 Å². The van der Waals surface area contributed by atoms with Gasteiger partial charge in [-0.2, -0.15) is 5.10 Å². The minimum Gasteiger partial charge on any atom is -0.378 e. The highest BCUT2D eigenvalue weighted by Crippen LogP contribution is 2.20. The van der Waals surface area contributed by atoms with Crippen LogP contribution in [-0.4, -0.2) is 39.5 Å². The highest BCUT2D eigenvalue weighted by atomic mass is 16.5. The second-order valence-corrected chi connectivity index (χ2v) is 6.94. The van der Waals surface area contributed by atoms with E-state index in [-0.39, 0.29) is 17.5 Å². The summed E-state index contributed by atoms with van der Waals surface area (Å²) in [4.78, 5) is 24.2. The average Bonchev–Trinajstić information content (AvgIpc) is 2.89. The zero-order valence-corrected chi connectivity index (χ0v) is 14.5. The number of aromatic nitrogens is 3. The van der Waals surface area contributed by atoms with Crippen LogP contribution in [0, 0.1) is 5.92 Å². The molecule has 0 saturated heterocycles. The highest BCUT2D eigenvalue weighted by Gasteiger charge is 2.27. The summed E-state index contributed by atoms with van der Waals surface area (Å²) < 4.78 is 8.84. The minimum absolute atomic E-state index is 0.0362. The Morgan fingerprint density at radius 3 is 2.88 bits per heavy atom. The third kappa shape index (κ3) is 4.06. The molecule has 0 radical (unpaired) electrons. The third-order valence-corrected chi connectivity index (χ3v) is 5.10. The van der Waals surface area contributed by atoms with Crippen molar-refractivity contribution in [3.63, 3.8) is 0 Å². The van der Waals surface area contributed by atoms with E-state index in [1.807, 2.05) is 0 Å². The SMILES string of the molecule is Cn1nc2n(c1=O)C[C@@H](C(=O)NCCCOC1CCCCC1)CC2. The predicted octanol–water partition coefficient (Wildman–Crippen LogP) is 1.000. The molecule has 7 heteroatoms. The predicted molar refractivity (Wildman–Crippen MR) is 89.7 cm³/mol. The van der Waals surface area contributed by atoms with Gasteiger partial charge in [-0.25, -0.2) is 9.48 Å². The van der Waals surface area contributed by atoms with Crippen LogP contribution in [0.2, 0.25) is 0 Å². The Labute approximate surface area is 142 Å². The maximum Gasteiger partial charge on any atom is 0.345 e. The van der Waals surface area contributed by atoms with Crippen molar-refractivity contribution < 1.29 is 9.53 Å². The topological polar surface area (TPSA) is 78.2 Å². The monoisotopic (exact) mass is 336 g/mol. The lowest BCUT2D eigenvalue weighted by molar-refractivity contribution is -0.126. The highest BCUT2D eigenvalue weighted by molar-refractivity contribution is 5.78. The molecule has 7 nitrogen and oxygen atoms in total. The van der Waals surface area contributed by atoms with Gasteiger partial charge in [0.15, 0.2) is 0 Å². The van der Waals surface area contributed by atoms with E-state index in [0.717, 1.165) is 18.7 Å².